The molecule has 1 N–H and O–H groups in total. The van der Waals surface area contributed by atoms with Crippen molar-refractivity contribution in [3.8, 4) is 0 Å². The first-order valence-electron chi connectivity index (χ1n) is 8.76. The highest BCUT2D eigenvalue weighted by Crippen LogP contribution is 2.53. The van der Waals surface area contributed by atoms with Gasteiger partial charge in [0.2, 0.25) is 5.82 Å². The molecule has 0 atom stereocenters. The first-order valence-corrected chi connectivity index (χ1v) is 8.76. The van der Waals surface area contributed by atoms with E-state index in [4.69, 9.17) is 0 Å². The second kappa shape index (κ2) is 8.36. The van der Waals surface area contributed by atoms with Crippen molar-refractivity contribution in [1.82, 2.24) is 0 Å². The Kier molecular flexibility index (Phi) is 6.53. The Balaban J connectivity index is 2.59. The maximum atomic E-state index is 14.4. The van der Waals surface area contributed by atoms with E-state index in [0.29, 0.717) is 6.07 Å². The van der Waals surface area contributed by atoms with Crippen molar-refractivity contribution in [3.05, 3.63) is 68.5 Å². The predicted octanol–water partition coefficient (Wildman–Crippen LogP) is 6.15. The van der Waals surface area contributed by atoms with Gasteiger partial charge in [-0.25, -0.2) is 4.39 Å². The van der Waals surface area contributed by atoms with Crippen molar-refractivity contribution in [2.75, 3.05) is 5.32 Å². The van der Waals surface area contributed by atoms with Crippen LogP contribution in [-0.2, 0) is 12.1 Å². The van der Waals surface area contributed by atoms with E-state index in [2.05, 4.69) is 5.32 Å². The molecule has 0 fully saturated rings. The minimum Gasteiger partial charge on any atom is -0.321 e. The Morgan fingerprint density at radius 1 is 1.06 bits per heavy atom. The van der Waals surface area contributed by atoms with Crippen LogP contribution in [0.5, 0.6) is 0 Å². The molecule has 32 heavy (non-hydrogen) atoms. The molecule has 0 saturated heterocycles. The summed E-state index contributed by atoms with van der Waals surface area (Å²) in [5.74, 6) is -2.73. The van der Waals surface area contributed by atoms with Crippen LogP contribution in [0.4, 0.5) is 46.5 Å². The third kappa shape index (κ3) is 4.23. The fourth-order valence-corrected chi connectivity index (χ4v) is 3.02. The van der Waals surface area contributed by atoms with Gasteiger partial charge in [0.25, 0.3) is 5.91 Å². The zero-order valence-electron chi connectivity index (χ0n) is 16.3. The van der Waals surface area contributed by atoms with Crippen LogP contribution in [0.3, 0.4) is 0 Å². The molecule has 0 saturated carbocycles. The molecule has 2 rings (SSSR count). The fraction of sp³-hybridized carbons (Fsp3) is 0.316. The number of carbonyl (C=O) groups excluding carboxylic acids is 1. The van der Waals surface area contributed by atoms with E-state index in [1.165, 1.54) is 6.92 Å². The molecule has 0 unspecified atom stereocenters. The van der Waals surface area contributed by atoms with Gasteiger partial charge < -0.3 is 5.32 Å². The molecule has 0 spiro atoms. The Hall–Kier alpha value is -3.25. The molecule has 1 amide bonds. The summed E-state index contributed by atoms with van der Waals surface area (Å²) in [5, 5.41) is 12.9. The zero-order valence-corrected chi connectivity index (χ0v) is 16.3. The summed E-state index contributed by atoms with van der Waals surface area (Å²) >= 11 is 0. The quantitative estimate of drug-likeness (QED) is 0.324. The minimum absolute atomic E-state index is 0.229. The molecule has 2 aromatic carbocycles. The normalized spacial score (nSPS) is 12.6. The maximum absolute atomic E-state index is 14.4. The van der Waals surface area contributed by atoms with Crippen LogP contribution in [0.2, 0.25) is 0 Å². The number of halogens is 8. The molecule has 0 aliphatic carbocycles. The maximum Gasteiger partial charge on any atom is 0.435 e. The van der Waals surface area contributed by atoms with E-state index in [0.717, 1.165) is 25.1 Å². The summed E-state index contributed by atoms with van der Waals surface area (Å²) in [4.78, 5) is 22.2. The standard InChI is InChI=1S/C19H14F8N2O3/c1-3-10-8-11(17(21,18(22,23)24)19(25,26)27)7-9(2)15(10)28-16(30)12-5-4-6-13(14(12)20)29(31)32/h4-8H,3H2,1-2H3,(H,28,30). The van der Waals surface area contributed by atoms with Gasteiger partial charge >= 0.3 is 23.7 Å². The third-order valence-corrected chi connectivity index (χ3v) is 4.64. The molecule has 2 aromatic rings. The highest BCUT2D eigenvalue weighted by atomic mass is 19.4. The van der Waals surface area contributed by atoms with E-state index in [1.54, 1.807) is 0 Å². The van der Waals surface area contributed by atoms with Crippen molar-refractivity contribution in [1.29, 1.82) is 0 Å². The minimum atomic E-state index is -6.32. The van der Waals surface area contributed by atoms with Crippen molar-refractivity contribution >= 4 is 17.3 Å². The van der Waals surface area contributed by atoms with Gasteiger partial charge in [0.1, 0.15) is 0 Å². The number of hydrogen-bond donors (Lipinski definition) is 1. The molecular formula is C19H14F8N2O3. The van der Waals surface area contributed by atoms with Gasteiger partial charge in [-0.05, 0) is 36.6 Å². The molecule has 0 aliphatic heterocycles. The predicted molar refractivity (Wildman–Crippen MR) is 96.5 cm³/mol. The number of alkyl halides is 7. The first-order chi connectivity index (χ1) is 14.6. The largest absolute Gasteiger partial charge is 0.435 e. The zero-order chi connectivity index (χ0) is 24.6. The van der Waals surface area contributed by atoms with Crippen molar-refractivity contribution in [2.45, 2.75) is 38.3 Å². The molecule has 0 aliphatic rings. The highest BCUT2D eigenvalue weighted by Gasteiger charge is 2.73. The number of aryl methyl sites for hydroxylation is 2. The lowest BCUT2D eigenvalue weighted by Crippen LogP contribution is -2.50. The average molecular weight is 470 g/mol. The van der Waals surface area contributed by atoms with Gasteiger partial charge in [-0.3, -0.25) is 14.9 Å². The lowest BCUT2D eigenvalue weighted by atomic mass is 9.89. The molecule has 0 bridgehead atoms. The number of rotatable bonds is 5. The number of amides is 1. The van der Waals surface area contributed by atoms with Gasteiger partial charge in [-0.15, -0.1) is 0 Å². The molecule has 0 heterocycles. The molecule has 0 radical (unpaired) electrons. The van der Waals surface area contributed by atoms with Crippen LogP contribution in [0, 0.1) is 22.9 Å². The Bertz CT molecular complexity index is 1050. The van der Waals surface area contributed by atoms with Crippen LogP contribution in [0.15, 0.2) is 30.3 Å². The number of nitro groups is 1. The van der Waals surface area contributed by atoms with E-state index in [-0.39, 0.29) is 29.3 Å². The van der Waals surface area contributed by atoms with Crippen molar-refractivity contribution in [2.24, 2.45) is 0 Å². The first kappa shape index (κ1) is 25.0. The van der Waals surface area contributed by atoms with E-state index in [1.807, 2.05) is 0 Å². The molecule has 174 valence electrons. The Labute approximate surface area is 175 Å². The monoisotopic (exact) mass is 470 g/mol. The number of hydrogen-bond acceptors (Lipinski definition) is 3. The summed E-state index contributed by atoms with van der Waals surface area (Å²) < 4.78 is 107. The second-order valence-electron chi connectivity index (χ2n) is 6.68. The molecular weight excluding hydrogens is 456 g/mol. The molecule has 5 nitrogen and oxygen atoms in total. The van der Waals surface area contributed by atoms with Gasteiger partial charge in [0.05, 0.1) is 10.5 Å². The van der Waals surface area contributed by atoms with Crippen molar-refractivity contribution in [3.63, 3.8) is 0 Å². The van der Waals surface area contributed by atoms with E-state index in [9.17, 15) is 50.0 Å². The van der Waals surface area contributed by atoms with Crippen LogP contribution < -0.4 is 5.32 Å². The van der Waals surface area contributed by atoms with Crippen molar-refractivity contribution < 1.29 is 44.8 Å². The lowest BCUT2D eigenvalue weighted by molar-refractivity contribution is -0.387. The van der Waals surface area contributed by atoms with E-state index < -0.39 is 51.5 Å². The Morgan fingerprint density at radius 3 is 2.09 bits per heavy atom. The summed E-state index contributed by atoms with van der Waals surface area (Å²) in [5.41, 5.74) is -10.1. The summed E-state index contributed by atoms with van der Waals surface area (Å²) in [6.07, 6.45) is -12.9. The summed E-state index contributed by atoms with van der Waals surface area (Å²) in [6, 6.07) is 3.29. The number of nitrogens with one attached hydrogen (secondary N) is 1. The van der Waals surface area contributed by atoms with Gasteiger partial charge in [-0.1, -0.05) is 19.1 Å². The molecule has 13 heteroatoms. The highest BCUT2D eigenvalue weighted by molar-refractivity contribution is 6.05. The Morgan fingerprint density at radius 2 is 1.62 bits per heavy atom. The van der Waals surface area contributed by atoms with Gasteiger partial charge in [0, 0.05) is 17.3 Å². The number of anilines is 1. The fourth-order valence-electron chi connectivity index (χ4n) is 3.02. The summed E-state index contributed by atoms with van der Waals surface area (Å²) in [7, 11) is 0. The molecule has 0 aromatic heterocycles. The van der Waals surface area contributed by atoms with Crippen LogP contribution >= 0.6 is 0 Å². The second-order valence-corrected chi connectivity index (χ2v) is 6.68. The van der Waals surface area contributed by atoms with Crippen LogP contribution in [0.1, 0.15) is 34.0 Å². The van der Waals surface area contributed by atoms with Gasteiger partial charge in [-0.2, -0.15) is 30.7 Å². The third-order valence-electron chi connectivity index (χ3n) is 4.64. The average Bonchev–Trinajstić information content (AvgIpc) is 2.66. The van der Waals surface area contributed by atoms with Gasteiger partial charge in [0.15, 0.2) is 0 Å². The SMILES string of the molecule is CCc1cc(C(F)(C(F)(F)F)C(F)(F)F)cc(C)c1NC(=O)c1cccc([N+](=O)[O-])c1F. The van der Waals surface area contributed by atoms with E-state index >= 15 is 0 Å². The number of carbonyl (C=O) groups is 1. The number of benzene rings is 2. The smallest absolute Gasteiger partial charge is 0.321 e. The number of nitrogens with zero attached hydrogens (tertiary/aromatic N) is 1. The summed E-state index contributed by atoms with van der Waals surface area (Å²) in [6.45, 7) is 2.35. The lowest BCUT2D eigenvalue weighted by Gasteiger charge is -2.31. The number of nitro benzene ring substituents is 1. The van der Waals surface area contributed by atoms with Crippen LogP contribution in [0.25, 0.3) is 0 Å². The van der Waals surface area contributed by atoms with Crippen LogP contribution in [-0.4, -0.2) is 23.2 Å². The topological polar surface area (TPSA) is 72.2 Å².